The zero-order valence-corrected chi connectivity index (χ0v) is 11.9. The van der Waals surface area contributed by atoms with E-state index in [2.05, 4.69) is 15.9 Å². The lowest BCUT2D eigenvalue weighted by molar-refractivity contribution is 0.0515. The minimum atomic E-state index is -2.79. The lowest BCUT2D eigenvalue weighted by Gasteiger charge is -2.10. The molecule has 0 N–H and O–H groups in total. The van der Waals surface area contributed by atoms with Gasteiger partial charge in [0.2, 0.25) is 0 Å². The number of ether oxygens (including phenoxy) is 1. The summed E-state index contributed by atoms with van der Waals surface area (Å²) in [6.45, 7) is 1.67. The van der Waals surface area contributed by atoms with Gasteiger partial charge in [-0.2, -0.15) is 0 Å². The second-order valence-corrected chi connectivity index (χ2v) is 4.48. The van der Waals surface area contributed by atoms with Gasteiger partial charge in [0.15, 0.2) is 5.78 Å². The Kier molecular flexibility index (Phi) is 6.08. The summed E-state index contributed by atoms with van der Waals surface area (Å²) in [5, 5.41) is 0.469. The minimum Gasteiger partial charge on any atom is -0.462 e. The van der Waals surface area contributed by atoms with Crippen LogP contribution >= 0.6 is 15.9 Å². The average Bonchev–Trinajstić information content (AvgIpc) is 2.38. The molecule has 0 fully saturated rings. The quantitative estimate of drug-likeness (QED) is 0.452. The number of benzene rings is 1. The zero-order chi connectivity index (χ0) is 14.4. The Morgan fingerprint density at radius 1 is 1.37 bits per heavy atom. The highest BCUT2D eigenvalue weighted by Gasteiger charge is 2.21. The van der Waals surface area contributed by atoms with Gasteiger partial charge in [0, 0.05) is 22.9 Å². The van der Waals surface area contributed by atoms with Gasteiger partial charge in [-0.15, -0.1) is 0 Å². The average molecular weight is 335 g/mol. The van der Waals surface area contributed by atoms with Gasteiger partial charge in [-0.1, -0.05) is 28.1 Å². The Morgan fingerprint density at radius 3 is 2.58 bits per heavy atom. The topological polar surface area (TPSA) is 43.4 Å². The maximum Gasteiger partial charge on any atom is 0.338 e. The Balaban J connectivity index is 3.18. The van der Waals surface area contributed by atoms with Crippen LogP contribution in [0.5, 0.6) is 0 Å². The van der Waals surface area contributed by atoms with Crippen LogP contribution in [0.3, 0.4) is 0 Å². The fraction of sp³-hybridized carbons (Fsp3) is 0.385. The van der Waals surface area contributed by atoms with Gasteiger partial charge in [-0.3, -0.25) is 4.79 Å². The number of halogens is 3. The maximum atomic E-state index is 12.8. The van der Waals surface area contributed by atoms with E-state index in [1.165, 1.54) is 12.1 Å². The van der Waals surface area contributed by atoms with E-state index in [1.54, 1.807) is 6.92 Å². The van der Waals surface area contributed by atoms with Gasteiger partial charge in [0.25, 0.3) is 6.43 Å². The van der Waals surface area contributed by atoms with Gasteiger partial charge < -0.3 is 4.74 Å². The Hall–Kier alpha value is -1.30. The van der Waals surface area contributed by atoms with E-state index in [-0.39, 0.29) is 29.9 Å². The molecule has 0 saturated carbocycles. The van der Waals surface area contributed by atoms with Crippen molar-refractivity contribution in [3.05, 3.63) is 34.9 Å². The van der Waals surface area contributed by atoms with E-state index >= 15 is 0 Å². The molecule has 0 aliphatic carbocycles. The summed E-state index contributed by atoms with van der Waals surface area (Å²) < 4.78 is 30.3. The number of hydrogen-bond donors (Lipinski definition) is 0. The van der Waals surface area contributed by atoms with Crippen molar-refractivity contribution in [3.8, 4) is 0 Å². The summed E-state index contributed by atoms with van der Waals surface area (Å²) in [6, 6.07) is 3.57. The van der Waals surface area contributed by atoms with Crippen molar-refractivity contribution in [3.63, 3.8) is 0 Å². The van der Waals surface area contributed by atoms with Crippen molar-refractivity contribution < 1.29 is 23.1 Å². The Labute approximate surface area is 118 Å². The first-order chi connectivity index (χ1) is 9.01. The second-order valence-electron chi connectivity index (χ2n) is 3.69. The monoisotopic (exact) mass is 334 g/mol. The van der Waals surface area contributed by atoms with Crippen LogP contribution in [0.4, 0.5) is 8.78 Å². The first kappa shape index (κ1) is 15.8. The van der Waals surface area contributed by atoms with E-state index in [9.17, 15) is 18.4 Å². The van der Waals surface area contributed by atoms with Crippen molar-refractivity contribution in [1.82, 2.24) is 0 Å². The molecule has 0 aliphatic rings. The number of rotatable bonds is 6. The van der Waals surface area contributed by atoms with Crippen molar-refractivity contribution in [1.29, 1.82) is 0 Å². The predicted molar refractivity (Wildman–Crippen MR) is 70.1 cm³/mol. The number of alkyl halides is 3. The summed E-state index contributed by atoms with van der Waals surface area (Å²) in [5.74, 6) is -1.06. The summed E-state index contributed by atoms with van der Waals surface area (Å²) in [4.78, 5) is 23.3. The van der Waals surface area contributed by atoms with Gasteiger partial charge in [-0.25, -0.2) is 13.6 Å². The van der Waals surface area contributed by atoms with E-state index in [0.29, 0.717) is 5.33 Å². The van der Waals surface area contributed by atoms with Crippen molar-refractivity contribution >= 4 is 27.7 Å². The third-order valence-electron chi connectivity index (χ3n) is 2.43. The van der Waals surface area contributed by atoms with E-state index in [0.717, 1.165) is 6.07 Å². The molecule has 0 radical (unpaired) electrons. The standard InChI is InChI=1S/C13H13BrF2O3/c1-2-19-13(18)10-7-8(11(17)5-6-14)3-4-9(10)12(15)16/h3-4,7,12H,2,5-6H2,1H3. The molecule has 0 unspecified atom stereocenters. The third-order valence-corrected chi connectivity index (χ3v) is 2.82. The van der Waals surface area contributed by atoms with Crippen LogP contribution in [0, 0.1) is 0 Å². The number of esters is 1. The number of hydrogen-bond acceptors (Lipinski definition) is 3. The van der Waals surface area contributed by atoms with Crippen molar-refractivity contribution in [2.24, 2.45) is 0 Å². The van der Waals surface area contributed by atoms with Crippen LogP contribution < -0.4 is 0 Å². The fourth-order valence-corrected chi connectivity index (χ4v) is 1.90. The SMILES string of the molecule is CCOC(=O)c1cc(C(=O)CCBr)ccc1C(F)F. The molecule has 0 heterocycles. The van der Waals surface area contributed by atoms with E-state index < -0.39 is 18.0 Å². The lowest BCUT2D eigenvalue weighted by atomic mass is 10.0. The first-order valence-corrected chi connectivity index (χ1v) is 6.81. The molecule has 1 aromatic rings. The molecule has 0 spiro atoms. The van der Waals surface area contributed by atoms with Crippen LogP contribution in [0.1, 0.15) is 46.0 Å². The minimum absolute atomic E-state index is 0.0844. The van der Waals surface area contributed by atoms with Crippen LogP contribution in [0.25, 0.3) is 0 Å². The highest BCUT2D eigenvalue weighted by molar-refractivity contribution is 9.09. The van der Waals surface area contributed by atoms with Gasteiger partial charge in [-0.05, 0) is 13.0 Å². The van der Waals surface area contributed by atoms with Crippen LogP contribution in [0.2, 0.25) is 0 Å². The molecular weight excluding hydrogens is 322 g/mol. The van der Waals surface area contributed by atoms with Gasteiger partial charge in [0.1, 0.15) is 0 Å². The highest BCUT2D eigenvalue weighted by Crippen LogP contribution is 2.25. The lowest BCUT2D eigenvalue weighted by Crippen LogP contribution is -2.11. The number of carbonyl (C=O) groups excluding carboxylic acids is 2. The summed E-state index contributed by atoms with van der Waals surface area (Å²) in [6.07, 6.45) is -2.56. The highest BCUT2D eigenvalue weighted by atomic mass is 79.9. The molecule has 0 saturated heterocycles. The Morgan fingerprint density at radius 2 is 2.05 bits per heavy atom. The van der Waals surface area contributed by atoms with Crippen LogP contribution in [-0.2, 0) is 4.74 Å². The molecule has 0 aliphatic heterocycles. The van der Waals surface area contributed by atoms with Crippen LogP contribution in [0.15, 0.2) is 18.2 Å². The van der Waals surface area contributed by atoms with Crippen molar-refractivity contribution in [2.45, 2.75) is 19.8 Å². The smallest absolute Gasteiger partial charge is 0.338 e. The van der Waals surface area contributed by atoms with Crippen LogP contribution in [-0.4, -0.2) is 23.7 Å². The number of Topliss-reactive ketones (excluding diaryl/α,β-unsaturated/α-hetero) is 1. The molecule has 1 rings (SSSR count). The third kappa shape index (κ3) is 4.09. The summed E-state index contributed by atoms with van der Waals surface area (Å²) in [7, 11) is 0. The molecule has 19 heavy (non-hydrogen) atoms. The Bertz CT molecular complexity index is 475. The van der Waals surface area contributed by atoms with Crippen molar-refractivity contribution in [2.75, 3.05) is 11.9 Å². The molecule has 1 aromatic carbocycles. The molecule has 0 bridgehead atoms. The maximum absolute atomic E-state index is 12.8. The molecule has 0 amide bonds. The van der Waals surface area contributed by atoms with Gasteiger partial charge in [0.05, 0.1) is 12.2 Å². The molecule has 0 aromatic heterocycles. The molecule has 3 nitrogen and oxygen atoms in total. The second kappa shape index (κ2) is 7.33. The summed E-state index contributed by atoms with van der Waals surface area (Å²) in [5.41, 5.74) is -0.446. The summed E-state index contributed by atoms with van der Waals surface area (Å²) >= 11 is 3.12. The first-order valence-electron chi connectivity index (χ1n) is 5.69. The largest absolute Gasteiger partial charge is 0.462 e. The molecule has 6 heteroatoms. The zero-order valence-electron chi connectivity index (χ0n) is 10.3. The normalized spacial score (nSPS) is 10.6. The van der Waals surface area contributed by atoms with E-state index in [4.69, 9.17) is 4.74 Å². The predicted octanol–water partition coefficient (Wildman–Crippen LogP) is 3.77. The fourth-order valence-electron chi connectivity index (χ4n) is 1.54. The molecule has 0 atom stereocenters. The van der Waals surface area contributed by atoms with Gasteiger partial charge >= 0.3 is 5.97 Å². The van der Waals surface area contributed by atoms with E-state index in [1.807, 2.05) is 0 Å². The molecule has 104 valence electrons. The molecular formula is C13H13BrF2O3. The number of carbonyl (C=O) groups is 2. The number of ketones is 1.